The minimum Gasteiger partial charge on any atom is -0.487 e. The molecule has 1 aromatic heterocycles. The Labute approximate surface area is 122 Å². The summed E-state index contributed by atoms with van der Waals surface area (Å²) >= 11 is 0. The first kappa shape index (κ1) is 14.7. The van der Waals surface area contributed by atoms with Crippen molar-refractivity contribution in [1.82, 2.24) is 4.98 Å². The third kappa shape index (κ3) is 3.66. The van der Waals surface area contributed by atoms with E-state index in [4.69, 9.17) is 4.74 Å². The van der Waals surface area contributed by atoms with E-state index in [0.29, 0.717) is 17.0 Å². The van der Waals surface area contributed by atoms with Crippen LogP contribution < -0.4 is 4.74 Å². The van der Waals surface area contributed by atoms with Crippen molar-refractivity contribution in [2.75, 3.05) is 7.11 Å². The fraction of sp³-hybridized carbons (Fsp3) is 0.188. The maximum Gasteiger partial charge on any atom is 0.337 e. The lowest BCUT2D eigenvalue weighted by molar-refractivity contribution is 0.0600. The third-order valence-electron chi connectivity index (χ3n) is 2.87. The Hall–Kier alpha value is -2.69. The number of hydrogen-bond donors (Lipinski definition) is 0. The second kappa shape index (κ2) is 6.65. The van der Waals surface area contributed by atoms with Crippen LogP contribution in [0.15, 0.2) is 42.6 Å². The molecular weight excluding hydrogens is 270 g/mol. The number of methoxy groups -OCH3 is 1. The number of rotatable bonds is 5. The van der Waals surface area contributed by atoms with Crippen molar-refractivity contribution in [2.24, 2.45) is 0 Å². The monoisotopic (exact) mass is 285 g/mol. The van der Waals surface area contributed by atoms with Gasteiger partial charge in [-0.25, -0.2) is 9.78 Å². The second-order valence-corrected chi connectivity index (χ2v) is 4.38. The molecule has 0 unspecified atom stereocenters. The number of benzene rings is 1. The summed E-state index contributed by atoms with van der Waals surface area (Å²) in [5.74, 6) is -0.0812. The van der Waals surface area contributed by atoms with Crippen LogP contribution in [-0.4, -0.2) is 23.8 Å². The summed E-state index contributed by atoms with van der Waals surface area (Å²) in [6.07, 6.45) is 1.55. The summed E-state index contributed by atoms with van der Waals surface area (Å²) in [7, 11) is 1.34. The Morgan fingerprint density at radius 3 is 2.48 bits per heavy atom. The van der Waals surface area contributed by atoms with Crippen molar-refractivity contribution >= 4 is 11.8 Å². The molecule has 0 radical (unpaired) electrons. The lowest BCUT2D eigenvalue weighted by Gasteiger charge is -2.09. The number of carbonyl (C=O) groups excluding carboxylic acids is 2. The lowest BCUT2D eigenvalue weighted by Crippen LogP contribution is -2.04. The number of ketones is 1. The van der Waals surface area contributed by atoms with Crippen molar-refractivity contribution in [3.05, 3.63) is 59.4 Å². The van der Waals surface area contributed by atoms with E-state index in [1.165, 1.54) is 14.0 Å². The second-order valence-electron chi connectivity index (χ2n) is 4.38. The molecule has 2 rings (SSSR count). The summed E-state index contributed by atoms with van der Waals surface area (Å²) < 4.78 is 10.2. The molecule has 0 bridgehead atoms. The van der Waals surface area contributed by atoms with Gasteiger partial charge in [-0.15, -0.1) is 0 Å². The first-order chi connectivity index (χ1) is 10.1. The van der Waals surface area contributed by atoms with Crippen molar-refractivity contribution < 1.29 is 19.1 Å². The number of hydrogen-bond acceptors (Lipinski definition) is 5. The Morgan fingerprint density at radius 1 is 1.14 bits per heavy atom. The van der Waals surface area contributed by atoms with Gasteiger partial charge in [0.15, 0.2) is 5.78 Å². The Balaban J connectivity index is 2.07. The molecule has 5 heteroatoms. The molecule has 0 fully saturated rings. The van der Waals surface area contributed by atoms with Crippen LogP contribution in [0, 0.1) is 0 Å². The van der Waals surface area contributed by atoms with E-state index in [9.17, 15) is 9.59 Å². The summed E-state index contributed by atoms with van der Waals surface area (Å²) in [5, 5.41) is 0. The summed E-state index contributed by atoms with van der Waals surface area (Å²) in [6.45, 7) is 1.73. The smallest absolute Gasteiger partial charge is 0.337 e. The van der Waals surface area contributed by atoms with E-state index in [-0.39, 0.29) is 18.4 Å². The van der Waals surface area contributed by atoms with Crippen LogP contribution >= 0.6 is 0 Å². The van der Waals surface area contributed by atoms with Crippen LogP contribution in [0.25, 0.3) is 0 Å². The van der Waals surface area contributed by atoms with E-state index in [2.05, 4.69) is 9.72 Å². The van der Waals surface area contributed by atoms with Gasteiger partial charge in [0, 0.05) is 13.1 Å². The van der Waals surface area contributed by atoms with Crippen LogP contribution in [0.4, 0.5) is 0 Å². The van der Waals surface area contributed by atoms with Crippen molar-refractivity contribution in [1.29, 1.82) is 0 Å². The summed E-state index contributed by atoms with van der Waals surface area (Å²) in [4.78, 5) is 26.8. The van der Waals surface area contributed by atoms with E-state index < -0.39 is 0 Å². The SMILES string of the molecule is COC(=O)c1ccc(COc2cccnc2C(C)=O)cc1. The topological polar surface area (TPSA) is 65.5 Å². The van der Waals surface area contributed by atoms with Crippen LogP contribution in [0.5, 0.6) is 5.75 Å². The molecule has 0 aliphatic rings. The molecule has 108 valence electrons. The van der Waals surface area contributed by atoms with Gasteiger partial charge in [-0.1, -0.05) is 12.1 Å². The van der Waals surface area contributed by atoms with Gasteiger partial charge in [-0.3, -0.25) is 4.79 Å². The molecule has 5 nitrogen and oxygen atoms in total. The minimum absolute atomic E-state index is 0.147. The van der Waals surface area contributed by atoms with E-state index in [0.717, 1.165) is 5.56 Å². The Kier molecular flexibility index (Phi) is 4.66. The molecule has 0 N–H and O–H groups in total. The van der Waals surface area contributed by atoms with Crippen molar-refractivity contribution in [2.45, 2.75) is 13.5 Å². The fourth-order valence-corrected chi connectivity index (χ4v) is 1.79. The molecule has 0 spiro atoms. The molecular formula is C16H15NO4. The molecule has 0 saturated carbocycles. The van der Waals surface area contributed by atoms with Gasteiger partial charge in [0.2, 0.25) is 0 Å². The van der Waals surface area contributed by atoms with Crippen LogP contribution in [0.1, 0.15) is 33.3 Å². The Bertz CT molecular complexity index is 650. The van der Waals surface area contributed by atoms with E-state index >= 15 is 0 Å². The standard InChI is InChI=1S/C16H15NO4/c1-11(18)15-14(4-3-9-17-15)21-10-12-5-7-13(8-6-12)16(19)20-2/h3-9H,10H2,1-2H3. The molecule has 0 aliphatic heterocycles. The number of nitrogens with zero attached hydrogens (tertiary/aromatic N) is 1. The number of ether oxygens (including phenoxy) is 2. The molecule has 21 heavy (non-hydrogen) atoms. The van der Waals surface area contributed by atoms with Crippen LogP contribution in [0.2, 0.25) is 0 Å². The van der Waals surface area contributed by atoms with Gasteiger partial charge >= 0.3 is 5.97 Å². The average molecular weight is 285 g/mol. The van der Waals surface area contributed by atoms with Crippen molar-refractivity contribution in [3.63, 3.8) is 0 Å². The third-order valence-corrected chi connectivity index (χ3v) is 2.87. The minimum atomic E-state index is -0.381. The highest BCUT2D eigenvalue weighted by Gasteiger charge is 2.10. The maximum atomic E-state index is 11.4. The van der Waals surface area contributed by atoms with Crippen molar-refractivity contribution in [3.8, 4) is 5.75 Å². The van der Waals surface area contributed by atoms with Crippen LogP contribution in [0.3, 0.4) is 0 Å². The predicted molar refractivity (Wildman–Crippen MR) is 76.4 cm³/mol. The molecule has 0 saturated heterocycles. The molecule has 1 aromatic carbocycles. The molecule has 2 aromatic rings. The van der Waals surface area contributed by atoms with Gasteiger partial charge in [0.1, 0.15) is 18.1 Å². The molecule has 0 amide bonds. The zero-order chi connectivity index (χ0) is 15.2. The first-order valence-corrected chi connectivity index (χ1v) is 6.38. The predicted octanol–water partition coefficient (Wildman–Crippen LogP) is 2.65. The average Bonchev–Trinajstić information content (AvgIpc) is 2.52. The highest BCUT2D eigenvalue weighted by Crippen LogP contribution is 2.17. The number of carbonyl (C=O) groups is 2. The van der Waals surface area contributed by atoms with Gasteiger partial charge < -0.3 is 9.47 Å². The zero-order valence-corrected chi connectivity index (χ0v) is 11.8. The number of aromatic nitrogens is 1. The maximum absolute atomic E-state index is 11.4. The molecule has 0 atom stereocenters. The summed E-state index contributed by atoms with van der Waals surface area (Å²) in [6, 6.07) is 10.3. The van der Waals surface area contributed by atoms with Gasteiger partial charge in [0.05, 0.1) is 12.7 Å². The summed E-state index contributed by atoms with van der Waals surface area (Å²) in [5.41, 5.74) is 1.66. The number of Topliss-reactive ketones (excluding diaryl/α,β-unsaturated/α-hetero) is 1. The van der Waals surface area contributed by atoms with Gasteiger partial charge in [-0.2, -0.15) is 0 Å². The molecule has 0 aliphatic carbocycles. The highest BCUT2D eigenvalue weighted by molar-refractivity contribution is 5.94. The van der Waals surface area contributed by atoms with Gasteiger partial charge in [-0.05, 0) is 29.8 Å². The van der Waals surface area contributed by atoms with E-state index in [1.807, 2.05) is 0 Å². The largest absolute Gasteiger partial charge is 0.487 e. The lowest BCUT2D eigenvalue weighted by atomic mass is 10.1. The normalized spacial score (nSPS) is 10.0. The number of pyridine rings is 1. The van der Waals surface area contributed by atoms with E-state index in [1.54, 1.807) is 42.6 Å². The highest BCUT2D eigenvalue weighted by atomic mass is 16.5. The van der Waals surface area contributed by atoms with Gasteiger partial charge in [0.25, 0.3) is 0 Å². The zero-order valence-electron chi connectivity index (χ0n) is 11.8. The fourth-order valence-electron chi connectivity index (χ4n) is 1.79. The quantitative estimate of drug-likeness (QED) is 0.624. The molecule has 1 heterocycles. The Morgan fingerprint density at radius 2 is 1.86 bits per heavy atom. The first-order valence-electron chi connectivity index (χ1n) is 6.38. The van der Waals surface area contributed by atoms with Crippen LogP contribution in [-0.2, 0) is 11.3 Å². The number of esters is 1.